The van der Waals surface area contributed by atoms with Crippen molar-refractivity contribution < 1.29 is 0 Å². The first-order valence-corrected chi connectivity index (χ1v) is 6.43. The van der Waals surface area contributed by atoms with E-state index in [1.165, 1.54) is 28.6 Å². The molecule has 0 unspecified atom stereocenters. The summed E-state index contributed by atoms with van der Waals surface area (Å²) in [6.07, 6.45) is 1.40. The van der Waals surface area contributed by atoms with Gasteiger partial charge in [0.15, 0.2) is 5.82 Å². The van der Waals surface area contributed by atoms with E-state index in [4.69, 9.17) is 17.3 Å². The fourth-order valence-electron chi connectivity index (χ4n) is 2.17. The van der Waals surface area contributed by atoms with Gasteiger partial charge in [0.05, 0.1) is 0 Å². The van der Waals surface area contributed by atoms with Crippen LogP contribution in [-0.2, 0) is 6.54 Å². The highest BCUT2D eigenvalue weighted by atomic mass is 35.5. The molecule has 100 valence electrons. The molecule has 0 fully saturated rings. The molecule has 1 aromatic carbocycles. The van der Waals surface area contributed by atoms with Gasteiger partial charge in [0.1, 0.15) is 17.2 Å². The van der Waals surface area contributed by atoms with E-state index in [2.05, 4.69) is 48.2 Å². The third kappa shape index (κ3) is 2.96. The maximum atomic E-state index is 6.05. The molecular formula is C14H17ClN4. The molecule has 0 aliphatic rings. The number of hydrogen-bond acceptors (Lipinski definition) is 4. The molecule has 0 saturated heterocycles. The van der Waals surface area contributed by atoms with Crippen LogP contribution >= 0.6 is 11.6 Å². The van der Waals surface area contributed by atoms with Gasteiger partial charge in [-0.15, -0.1) is 0 Å². The summed E-state index contributed by atoms with van der Waals surface area (Å²) in [5.41, 5.74) is 10.7. The average Bonchev–Trinajstić information content (AvgIpc) is 2.33. The SMILES string of the molecule is Cc1cc(C)c(CNc2ncnc(N)c2Cl)c(C)c1. The van der Waals surface area contributed by atoms with E-state index in [0.717, 1.165) is 0 Å². The molecular weight excluding hydrogens is 260 g/mol. The Morgan fingerprint density at radius 1 is 1.16 bits per heavy atom. The van der Waals surface area contributed by atoms with Crippen molar-refractivity contribution in [2.75, 3.05) is 11.1 Å². The van der Waals surface area contributed by atoms with Crippen molar-refractivity contribution in [2.24, 2.45) is 0 Å². The zero-order chi connectivity index (χ0) is 14.0. The fourth-order valence-corrected chi connectivity index (χ4v) is 2.33. The molecule has 0 bridgehead atoms. The van der Waals surface area contributed by atoms with Gasteiger partial charge in [-0.25, -0.2) is 9.97 Å². The van der Waals surface area contributed by atoms with Gasteiger partial charge in [-0.1, -0.05) is 29.3 Å². The number of nitrogens with zero attached hydrogens (tertiary/aromatic N) is 2. The Morgan fingerprint density at radius 2 is 1.79 bits per heavy atom. The van der Waals surface area contributed by atoms with Crippen LogP contribution in [0.3, 0.4) is 0 Å². The minimum absolute atomic E-state index is 0.288. The summed E-state index contributed by atoms with van der Waals surface area (Å²) in [7, 11) is 0. The molecule has 0 aliphatic carbocycles. The van der Waals surface area contributed by atoms with Gasteiger partial charge in [0, 0.05) is 6.54 Å². The number of aromatic nitrogens is 2. The minimum Gasteiger partial charge on any atom is -0.382 e. The lowest BCUT2D eigenvalue weighted by Crippen LogP contribution is -2.07. The van der Waals surface area contributed by atoms with Crippen LogP contribution in [0.5, 0.6) is 0 Å². The Morgan fingerprint density at radius 3 is 2.42 bits per heavy atom. The van der Waals surface area contributed by atoms with Gasteiger partial charge in [0.2, 0.25) is 0 Å². The van der Waals surface area contributed by atoms with Crippen LogP contribution in [0.4, 0.5) is 11.6 Å². The monoisotopic (exact) mass is 276 g/mol. The Hall–Kier alpha value is -1.81. The smallest absolute Gasteiger partial charge is 0.150 e. The molecule has 0 atom stereocenters. The van der Waals surface area contributed by atoms with Crippen LogP contribution in [-0.4, -0.2) is 9.97 Å². The van der Waals surface area contributed by atoms with E-state index in [0.29, 0.717) is 17.4 Å². The predicted octanol–water partition coefficient (Wildman–Crippen LogP) is 3.25. The summed E-state index contributed by atoms with van der Waals surface area (Å²) in [5.74, 6) is 0.852. The molecule has 0 aliphatic heterocycles. The molecule has 0 saturated carbocycles. The normalized spacial score (nSPS) is 10.5. The van der Waals surface area contributed by atoms with Gasteiger partial charge in [0.25, 0.3) is 0 Å². The van der Waals surface area contributed by atoms with Crippen LogP contribution in [0.25, 0.3) is 0 Å². The fraction of sp³-hybridized carbons (Fsp3) is 0.286. The summed E-state index contributed by atoms with van der Waals surface area (Å²) >= 11 is 6.05. The number of aryl methyl sites for hydroxylation is 3. The first kappa shape index (κ1) is 13.6. The summed E-state index contributed by atoms with van der Waals surface area (Å²) in [5, 5.41) is 3.57. The van der Waals surface area contributed by atoms with Crippen molar-refractivity contribution in [3.05, 3.63) is 45.7 Å². The van der Waals surface area contributed by atoms with Crippen molar-refractivity contribution in [3.8, 4) is 0 Å². The third-order valence-corrected chi connectivity index (χ3v) is 3.46. The van der Waals surface area contributed by atoms with Crippen LogP contribution in [0.1, 0.15) is 22.3 Å². The first-order chi connectivity index (χ1) is 8.99. The van der Waals surface area contributed by atoms with E-state index >= 15 is 0 Å². The highest BCUT2D eigenvalue weighted by molar-refractivity contribution is 6.35. The van der Waals surface area contributed by atoms with Crippen LogP contribution in [0.15, 0.2) is 18.5 Å². The maximum Gasteiger partial charge on any atom is 0.150 e. The summed E-state index contributed by atoms with van der Waals surface area (Å²) in [6.45, 7) is 6.97. The molecule has 19 heavy (non-hydrogen) atoms. The Kier molecular flexibility index (Phi) is 3.90. The molecule has 4 nitrogen and oxygen atoms in total. The van der Waals surface area contributed by atoms with E-state index in [1.54, 1.807) is 0 Å². The number of anilines is 2. The molecule has 5 heteroatoms. The lowest BCUT2D eigenvalue weighted by Gasteiger charge is -2.13. The molecule has 0 amide bonds. The topological polar surface area (TPSA) is 63.8 Å². The standard InChI is InChI=1S/C14H17ClN4/c1-8-4-9(2)11(10(3)5-8)6-17-14-12(15)13(16)18-7-19-14/h4-5,7H,6H2,1-3H3,(H3,16,17,18,19). The predicted molar refractivity (Wildman–Crippen MR) is 79.4 cm³/mol. The lowest BCUT2D eigenvalue weighted by atomic mass is 10.00. The van der Waals surface area contributed by atoms with Crippen LogP contribution in [0.2, 0.25) is 5.02 Å². The first-order valence-electron chi connectivity index (χ1n) is 6.05. The molecule has 2 rings (SSSR count). The van der Waals surface area contributed by atoms with Crippen LogP contribution in [0, 0.1) is 20.8 Å². The Balaban J connectivity index is 2.22. The second kappa shape index (κ2) is 5.45. The maximum absolute atomic E-state index is 6.05. The molecule has 0 spiro atoms. The molecule has 3 N–H and O–H groups in total. The lowest BCUT2D eigenvalue weighted by molar-refractivity contribution is 1.05. The van der Waals surface area contributed by atoms with Crippen molar-refractivity contribution in [2.45, 2.75) is 27.3 Å². The zero-order valence-electron chi connectivity index (χ0n) is 11.3. The van der Waals surface area contributed by atoms with E-state index in [-0.39, 0.29) is 5.82 Å². The highest BCUT2D eigenvalue weighted by Crippen LogP contribution is 2.24. The van der Waals surface area contributed by atoms with Gasteiger partial charge in [-0.3, -0.25) is 0 Å². The number of benzene rings is 1. The largest absolute Gasteiger partial charge is 0.382 e. The summed E-state index contributed by atoms with van der Waals surface area (Å²) in [6, 6.07) is 4.33. The van der Waals surface area contributed by atoms with Crippen molar-refractivity contribution in [3.63, 3.8) is 0 Å². The van der Waals surface area contributed by atoms with Crippen LogP contribution < -0.4 is 11.1 Å². The average molecular weight is 277 g/mol. The third-order valence-electron chi connectivity index (χ3n) is 3.09. The second-order valence-corrected chi connectivity index (χ2v) is 5.03. The minimum atomic E-state index is 0.288. The van der Waals surface area contributed by atoms with E-state index in [1.807, 2.05) is 0 Å². The van der Waals surface area contributed by atoms with Gasteiger partial charge >= 0.3 is 0 Å². The highest BCUT2D eigenvalue weighted by Gasteiger charge is 2.08. The van der Waals surface area contributed by atoms with E-state index in [9.17, 15) is 0 Å². The molecule has 0 radical (unpaired) electrons. The summed E-state index contributed by atoms with van der Waals surface area (Å²) < 4.78 is 0. The van der Waals surface area contributed by atoms with Crippen molar-refractivity contribution in [1.82, 2.24) is 9.97 Å². The van der Waals surface area contributed by atoms with E-state index < -0.39 is 0 Å². The zero-order valence-corrected chi connectivity index (χ0v) is 12.0. The van der Waals surface area contributed by atoms with Crippen molar-refractivity contribution in [1.29, 1.82) is 0 Å². The second-order valence-electron chi connectivity index (χ2n) is 4.65. The van der Waals surface area contributed by atoms with Gasteiger partial charge in [-0.2, -0.15) is 0 Å². The number of nitrogens with one attached hydrogen (secondary N) is 1. The quantitative estimate of drug-likeness (QED) is 0.903. The number of hydrogen-bond donors (Lipinski definition) is 2. The number of halogens is 1. The van der Waals surface area contributed by atoms with Gasteiger partial charge in [-0.05, 0) is 37.5 Å². The Labute approximate surface area is 118 Å². The number of rotatable bonds is 3. The Bertz CT molecular complexity index is 587. The molecule has 1 aromatic heterocycles. The van der Waals surface area contributed by atoms with Crippen molar-refractivity contribution >= 4 is 23.2 Å². The molecule has 2 aromatic rings. The number of nitrogens with two attached hydrogens (primary N) is 1. The number of nitrogen functional groups attached to an aromatic ring is 1. The van der Waals surface area contributed by atoms with Gasteiger partial charge < -0.3 is 11.1 Å². The summed E-state index contributed by atoms with van der Waals surface area (Å²) in [4.78, 5) is 7.93. The molecule has 1 heterocycles.